The summed E-state index contributed by atoms with van der Waals surface area (Å²) < 4.78 is 18.5. The molecule has 0 unspecified atom stereocenters. The van der Waals surface area contributed by atoms with Gasteiger partial charge in [-0.2, -0.15) is 4.39 Å². The van der Waals surface area contributed by atoms with Crippen LogP contribution in [0.4, 0.5) is 10.1 Å². The number of nitro groups is 1. The molecule has 16 heavy (non-hydrogen) atoms. The second-order valence-corrected chi connectivity index (χ2v) is 3.02. The minimum absolute atomic E-state index is 0.00458. The summed E-state index contributed by atoms with van der Waals surface area (Å²) >= 11 is 0. The quantitative estimate of drug-likeness (QED) is 0.449. The lowest BCUT2D eigenvalue weighted by Crippen LogP contribution is -2.05. The molecule has 0 radical (unpaired) electrons. The van der Waals surface area contributed by atoms with Crippen LogP contribution in [-0.4, -0.2) is 17.3 Å². The van der Waals surface area contributed by atoms with E-state index in [-0.39, 0.29) is 17.9 Å². The third-order valence-corrected chi connectivity index (χ3v) is 1.94. The van der Waals surface area contributed by atoms with Crippen molar-refractivity contribution in [2.24, 2.45) is 0 Å². The molecule has 0 amide bonds. The number of ketones is 1. The van der Waals surface area contributed by atoms with Gasteiger partial charge < -0.3 is 4.74 Å². The third kappa shape index (κ3) is 2.16. The van der Waals surface area contributed by atoms with Crippen molar-refractivity contribution in [1.82, 2.24) is 0 Å². The van der Waals surface area contributed by atoms with Gasteiger partial charge in [0.2, 0.25) is 5.82 Å². The lowest BCUT2D eigenvalue weighted by molar-refractivity contribution is -0.387. The van der Waals surface area contributed by atoms with E-state index in [4.69, 9.17) is 4.74 Å². The van der Waals surface area contributed by atoms with E-state index >= 15 is 0 Å². The summed E-state index contributed by atoms with van der Waals surface area (Å²) in [4.78, 5) is 20.8. The topological polar surface area (TPSA) is 69.4 Å². The number of hydrogen-bond donors (Lipinski definition) is 0. The number of ether oxygens (including phenoxy) is 1. The Labute approximate surface area is 91.0 Å². The van der Waals surface area contributed by atoms with Gasteiger partial charge in [-0.3, -0.25) is 14.9 Å². The predicted molar refractivity (Wildman–Crippen MR) is 54.2 cm³/mol. The third-order valence-electron chi connectivity index (χ3n) is 1.94. The minimum atomic E-state index is -1.11. The predicted octanol–water partition coefficient (Wildman–Crippen LogP) is 2.34. The standard InChI is InChI=1S/C10H10FNO4/c1-3-16-10-7(6(2)13)4-5-8(9(10)11)12(14)15/h4-5H,3H2,1-2H3. The van der Waals surface area contributed by atoms with E-state index in [2.05, 4.69) is 0 Å². The van der Waals surface area contributed by atoms with E-state index in [9.17, 15) is 19.3 Å². The second-order valence-electron chi connectivity index (χ2n) is 3.02. The van der Waals surface area contributed by atoms with Gasteiger partial charge in [-0.15, -0.1) is 0 Å². The zero-order chi connectivity index (χ0) is 12.3. The highest BCUT2D eigenvalue weighted by Crippen LogP contribution is 2.30. The van der Waals surface area contributed by atoms with Crippen molar-refractivity contribution in [1.29, 1.82) is 0 Å². The number of nitrogens with zero attached hydrogens (tertiary/aromatic N) is 1. The highest BCUT2D eigenvalue weighted by Gasteiger charge is 2.23. The van der Waals surface area contributed by atoms with Crippen LogP contribution < -0.4 is 4.74 Å². The Balaban J connectivity index is 3.41. The average Bonchev–Trinajstić information content (AvgIpc) is 2.20. The fourth-order valence-electron chi connectivity index (χ4n) is 1.25. The first kappa shape index (κ1) is 12.1. The van der Waals surface area contributed by atoms with Gasteiger partial charge in [0, 0.05) is 6.07 Å². The molecule has 0 saturated carbocycles. The maximum absolute atomic E-state index is 13.6. The molecule has 0 aromatic heterocycles. The first-order valence-electron chi connectivity index (χ1n) is 4.59. The molecule has 0 N–H and O–H groups in total. The Morgan fingerprint density at radius 2 is 2.19 bits per heavy atom. The molecule has 0 fully saturated rings. The normalized spacial score (nSPS) is 9.94. The lowest BCUT2D eigenvalue weighted by atomic mass is 10.1. The van der Waals surface area contributed by atoms with Crippen molar-refractivity contribution in [2.75, 3.05) is 6.61 Å². The number of rotatable bonds is 4. The molecule has 0 aliphatic carbocycles. The Bertz CT molecular complexity index is 445. The summed E-state index contributed by atoms with van der Waals surface area (Å²) in [6, 6.07) is 2.14. The second kappa shape index (κ2) is 4.69. The fourth-order valence-corrected chi connectivity index (χ4v) is 1.25. The van der Waals surface area contributed by atoms with Gasteiger partial charge in [0.05, 0.1) is 17.1 Å². The van der Waals surface area contributed by atoms with Crippen molar-refractivity contribution < 1.29 is 18.8 Å². The van der Waals surface area contributed by atoms with E-state index < -0.39 is 22.2 Å². The highest BCUT2D eigenvalue weighted by atomic mass is 19.1. The summed E-state index contributed by atoms with van der Waals surface area (Å²) in [6.07, 6.45) is 0. The van der Waals surface area contributed by atoms with Gasteiger partial charge in [-0.1, -0.05) is 0 Å². The van der Waals surface area contributed by atoms with E-state index in [1.807, 2.05) is 0 Å². The molecule has 0 spiro atoms. The molecule has 5 nitrogen and oxygen atoms in total. The average molecular weight is 227 g/mol. The molecule has 86 valence electrons. The summed E-state index contributed by atoms with van der Waals surface area (Å²) in [5.41, 5.74) is -0.696. The Kier molecular flexibility index (Phi) is 3.55. The van der Waals surface area contributed by atoms with Crippen LogP contribution in [0.15, 0.2) is 12.1 Å². The van der Waals surface area contributed by atoms with Crippen LogP contribution in [0.5, 0.6) is 5.75 Å². The van der Waals surface area contributed by atoms with Gasteiger partial charge in [0.15, 0.2) is 11.5 Å². The maximum Gasteiger partial charge on any atom is 0.308 e. The number of halogens is 1. The van der Waals surface area contributed by atoms with E-state index in [1.54, 1.807) is 6.92 Å². The number of carbonyl (C=O) groups excluding carboxylic acids is 1. The van der Waals surface area contributed by atoms with Crippen LogP contribution in [0.2, 0.25) is 0 Å². The molecule has 0 saturated heterocycles. The molecule has 0 atom stereocenters. The Morgan fingerprint density at radius 3 is 2.62 bits per heavy atom. The molecule has 1 aromatic carbocycles. The van der Waals surface area contributed by atoms with Crippen LogP contribution in [0.1, 0.15) is 24.2 Å². The molecule has 0 heterocycles. The zero-order valence-electron chi connectivity index (χ0n) is 8.82. The van der Waals surface area contributed by atoms with E-state index in [1.165, 1.54) is 13.0 Å². The van der Waals surface area contributed by atoms with Crippen LogP contribution in [0, 0.1) is 15.9 Å². The van der Waals surface area contributed by atoms with Crippen molar-refractivity contribution in [3.05, 3.63) is 33.6 Å². The Morgan fingerprint density at radius 1 is 1.56 bits per heavy atom. The first-order valence-corrected chi connectivity index (χ1v) is 4.59. The monoisotopic (exact) mass is 227 g/mol. The summed E-state index contributed by atoms with van der Waals surface area (Å²) in [7, 11) is 0. The van der Waals surface area contributed by atoms with Crippen LogP contribution in [-0.2, 0) is 0 Å². The molecule has 0 aliphatic heterocycles. The zero-order valence-corrected chi connectivity index (χ0v) is 8.82. The van der Waals surface area contributed by atoms with Gasteiger partial charge in [0.1, 0.15) is 0 Å². The SMILES string of the molecule is CCOc1c(C(C)=O)ccc([N+](=O)[O-])c1F. The Hall–Kier alpha value is -1.98. The summed E-state index contributed by atoms with van der Waals surface area (Å²) in [5.74, 6) is -1.87. The number of Topliss-reactive ketones (excluding diaryl/α,β-unsaturated/α-hetero) is 1. The first-order chi connectivity index (χ1) is 7.49. The van der Waals surface area contributed by atoms with Crippen molar-refractivity contribution in [3.63, 3.8) is 0 Å². The summed E-state index contributed by atoms with van der Waals surface area (Å²) in [5, 5.41) is 10.5. The minimum Gasteiger partial charge on any atom is -0.490 e. The molecular weight excluding hydrogens is 217 g/mol. The van der Waals surface area contributed by atoms with Crippen LogP contribution in [0.25, 0.3) is 0 Å². The molecule has 1 aromatic rings. The van der Waals surface area contributed by atoms with Crippen LogP contribution >= 0.6 is 0 Å². The molecule has 0 bridgehead atoms. The van der Waals surface area contributed by atoms with Crippen molar-refractivity contribution in [3.8, 4) is 5.75 Å². The number of hydrogen-bond acceptors (Lipinski definition) is 4. The van der Waals surface area contributed by atoms with Gasteiger partial charge in [0.25, 0.3) is 0 Å². The van der Waals surface area contributed by atoms with Crippen LogP contribution in [0.3, 0.4) is 0 Å². The van der Waals surface area contributed by atoms with Gasteiger partial charge >= 0.3 is 5.69 Å². The van der Waals surface area contributed by atoms with E-state index in [0.29, 0.717) is 0 Å². The molecule has 0 aliphatic rings. The number of benzene rings is 1. The highest BCUT2D eigenvalue weighted by molar-refractivity contribution is 5.97. The molecule has 1 rings (SSSR count). The van der Waals surface area contributed by atoms with Crippen molar-refractivity contribution >= 4 is 11.5 Å². The number of nitro benzene ring substituents is 1. The number of carbonyl (C=O) groups is 1. The smallest absolute Gasteiger partial charge is 0.308 e. The molecular formula is C10H10FNO4. The van der Waals surface area contributed by atoms with E-state index in [0.717, 1.165) is 6.07 Å². The summed E-state index contributed by atoms with van der Waals surface area (Å²) in [6.45, 7) is 2.96. The van der Waals surface area contributed by atoms with Crippen molar-refractivity contribution in [2.45, 2.75) is 13.8 Å². The maximum atomic E-state index is 13.6. The fraction of sp³-hybridized carbons (Fsp3) is 0.300. The van der Waals surface area contributed by atoms with Gasteiger partial charge in [-0.25, -0.2) is 0 Å². The van der Waals surface area contributed by atoms with Gasteiger partial charge in [-0.05, 0) is 19.9 Å². The molecule has 6 heteroatoms. The largest absolute Gasteiger partial charge is 0.490 e. The lowest BCUT2D eigenvalue weighted by Gasteiger charge is -2.08.